The molecule has 0 saturated carbocycles. The van der Waals surface area contributed by atoms with Gasteiger partial charge in [-0.05, 0) is 31.2 Å². The van der Waals surface area contributed by atoms with Crippen LogP contribution in [0.3, 0.4) is 0 Å². The summed E-state index contributed by atoms with van der Waals surface area (Å²) >= 11 is 0. The molecule has 0 aliphatic rings. The van der Waals surface area contributed by atoms with Gasteiger partial charge in [0, 0.05) is 0 Å². The summed E-state index contributed by atoms with van der Waals surface area (Å²) in [6, 6.07) is 7.22. The number of hydrogen-bond acceptors (Lipinski definition) is 6. The third-order valence-corrected chi connectivity index (χ3v) is 2.38. The van der Waals surface area contributed by atoms with Crippen LogP contribution >= 0.6 is 0 Å². The van der Waals surface area contributed by atoms with Crippen LogP contribution in [0, 0.1) is 0 Å². The van der Waals surface area contributed by atoms with E-state index >= 15 is 0 Å². The molecule has 0 aliphatic heterocycles. The van der Waals surface area contributed by atoms with Crippen molar-refractivity contribution in [3.63, 3.8) is 0 Å². The van der Waals surface area contributed by atoms with E-state index in [1.165, 1.54) is 12.1 Å². The zero-order valence-corrected chi connectivity index (χ0v) is 10.7. The van der Waals surface area contributed by atoms with Gasteiger partial charge in [-0.2, -0.15) is 0 Å². The molecule has 1 aromatic heterocycles. The van der Waals surface area contributed by atoms with E-state index in [9.17, 15) is 9.59 Å². The number of aromatic hydroxyl groups is 1. The smallest absolute Gasteiger partial charge is 0.345 e. The Hall–Kier alpha value is -2.76. The Morgan fingerprint density at radius 2 is 2.00 bits per heavy atom. The van der Waals surface area contributed by atoms with Crippen molar-refractivity contribution in [3.05, 3.63) is 52.4 Å². The number of rotatable bonds is 4. The molecule has 0 radical (unpaired) electrons. The summed E-state index contributed by atoms with van der Waals surface area (Å²) in [5.41, 5.74) is -0.407. The number of ether oxygens (including phenoxy) is 2. The molecule has 6 heteroatoms. The molecule has 2 aromatic rings. The van der Waals surface area contributed by atoms with E-state index in [4.69, 9.17) is 19.0 Å². The van der Waals surface area contributed by atoms with Gasteiger partial charge in [0.2, 0.25) is 5.43 Å². The highest BCUT2D eigenvalue weighted by molar-refractivity contribution is 5.90. The number of benzene rings is 1. The lowest BCUT2D eigenvalue weighted by molar-refractivity contribution is 0.0689. The van der Waals surface area contributed by atoms with Gasteiger partial charge >= 0.3 is 5.97 Å². The van der Waals surface area contributed by atoms with E-state index in [1.807, 2.05) is 6.92 Å². The minimum absolute atomic E-state index is 0.282. The Bertz CT molecular complexity index is 656. The SMILES string of the molecule is CCOc1ccc(C(=O)Oc2cc(=O)c(O)co2)cc1. The van der Waals surface area contributed by atoms with E-state index in [0.717, 1.165) is 12.3 Å². The molecular weight excluding hydrogens is 264 g/mol. The standard InChI is InChI=1S/C14H12O6/c1-2-18-10-5-3-9(4-6-10)14(17)20-13-7-11(15)12(16)8-19-13/h3-8,16H,2H2,1H3. The highest BCUT2D eigenvalue weighted by Crippen LogP contribution is 2.16. The van der Waals surface area contributed by atoms with Crippen molar-refractivity contribution in [1.82, 2.24) is 0 Å². The molecule has 0 fully saturated rings. The molecule has 104 valence electrons. The summed E-state index contributed by atoms with van der Waals surface area (Å²) in [5, 5.41) is 9.02. The zero-order valence-electron chi connectivity index (χ0n) is 10.7. The largest absolute Gasteiger partial charge is 0.502 e. The first kappa shape index (κ1) is 13.7. The second-order valence-corrected chi connectivity index (χ2v) is 3.80. The summed E-state index contributed by atoms with van der Waals surface area (Å²) in [4.78, 5) is 22.9. The van der Waals surface area contributed by atoms with Crippen LogP contribution in [-0.2, 0) is 0 Å². The van der Waals surface area contributed by atoms with Crippen molar-refractivity contribution in [2.75, 3.05) is 6.61 Å². The molecule has 0 saturated heterocycles. The van der Waals surface area contributed by atoms with Crippen LogP contribution < -0.4 is 14.9 Å². The van der Waals surface area contributed by atoms with Crippen molar-refractivity contribution in [3.8, 4) is 17.4 Å². The van der Waals surface area contributed by atoms with Crippen molar-refractivity contribution in [2.45, 2.75) is 6.92 Å². The lowest BCUT2D eigenvalue weighted by atomic mass is 10.2. The van der Waals surface area contributed by atoms with Crippen LogP contribution in [0.4, 0.5) is 0 Å². The summed E-state index contributed by atoms with van der Waals surface area (Å²) in [5.74, 6) is -0.875. The normalized spacial score (nSPS) is 10.1. The van der Waals surface area contributed by atoms with Gasteiger partial charge in [0.1, 0.15) is 12.0 Å². The van der Waals surface area contributed by atoms with Crippen LogP contribution in [0.25, 0.3) is 0 Å². The molecule has 6 nitrogen and oxygen atoms in total. The van der Waals surface area contributed by atoms with E-state index in [0.29, 0.717) is 12.4 Å². The van der Waals surface area contributed by atoms with E-state index in [2.05, 4.69) is 0 Å². The van der Waals surface area contributed by atoms with Gasteiger partial charge in [-0.25, -0.2) is 4.79 Å². The quantitative estimate of drug-likeness (QED) is 0.859. The van der Waals surface area contributed by atoms with E-state index < -0.39 is 17.1 Å². The predicted octanol–water partition coefficient (Wildman–Crippen LogP) is 1.96. The predicted molar refractivity (Wildman–Crippen MR) is 69.2 cm³/mol. The molecule has 0 bridgehead atoms. The van der Waals surface area contributed by atoms with Crippen LogP contribution in [0.2, 0.25) is 0 Å². The third-order valence-electron chi connectivity index (χ3n) is 2.38. The molecule has 0 spiro atoms. The maximum Gasteiger partial charge on any atom is 0.345 e. The second-order valence-electron chi connectivity index (χ2n) is 3.80. The van der Waals surface area contributed by atoms with E-state index in [-0.39, 0.29) is 11.5 Å². The highest BCUT2D eigenvalue weighted by Gasteiger charge is 2.11. The van der Waals surface area contributed by atoms with Crippen molar-refractivity contribution < 1.29 is 23.8 Å². The monoisotopic (exact) mass is 276 g/mol. The first-order chi connectivity index (χ1) is 9.60. The minimum Gasteiger partial charge on any atom is -0.502 e. The average Bonchev–Trinajstić information content (AvgIpc) is 2.44. The molecule has 2 rings (SSSR count). The first-order valence-electron chi connectivity index (χ1n) is 5.87. The van der Waals surface area contributed by atoms with Crippen molar-refractivity contribution >= 4 is 5.97 Å². The van der Waals surface area contributed by atoms with Crippen LogP contribution in [0.1, 0.15) is 17.3 Å². The number of carbonyl (C=O) groups is 1. The highest BCUT2D eigenvalue weighted by atomic mass is 16.6. The third kappa shape index (κ3) is 3.17. The molecule has 0 unspecified atom stereocenters. The Labute approximate surface area is 114 Å². The van der Waals surface area contributed by atoms with Gasteiger partial charge in [0.15, 0.2) is 5.75 Å². The van der Waals surface area contributed by atoms with Gasteiger partial charge in [0.05, 0.1) is 18.2 Å². The fourth-order valence-corrected chi connectivity index (χ4v) is 1.44. The molecule has 1 aromatic carbocycles. The summed E-state index contributed by atoms with van der Waals surface area (Å²) in [6.45, 7) is 2.39. The summed E-state index contributed by atoms with van der Waals surface area (Å²) < 4.78 is 14.9. The topological polar surface area (TPSA) is 86.0 Å². The Morgan fingerprint density at radius 3 is 2.60 bits per heavy atom. The molecular formula is C14H12O6. The number of carbonyl (C=O) groups excluding carboxylic acids is 1. The van der Waals surface area contributed by atoms with Crippen LogP contribution in [0.5, 0.6) is 17.4 Å². The van der Waals surface area contributed by atoms with Crippen LogP contribution in [-0.4, -0.2) is 17.7 Å². The average molecular weight is 276 g/mol. The van der Waals surface area contributed by atoms with Gasteiger partial charge in [-0.3, -0.25) is 4.79 Å². The Morgan fingerprint density at radius 1 is 1.30 bits per heavy atom. The lowest BCUT2D eigenvalue weighted by Gasteiger charge is -2.05. The van der Waals surface area contributed by atoms with Gasteiger partial charge in [-0.15, -0.1) is 0 Å². The maximum absolute atomic E-state index is 11.8. The van der Waals surface area contributed by atoms with Gasteiger partial charge < -0.3 is 19.0 Å². The fraction of sp³-hybridized carbons (Fsp3) is 0.143. The fourth-order valence-electron chi connectivity index (χ4n) is 1.44. The molecule has 1 N–H and O–H groups in total. The Balaban J connectivity index is 2.11. The van der Waals surface area contributed by atoms with Crippen molar-refractivity contribution in [1.29, 1.82) is 0 Å². The molecule has 0 amide bonds. The molecule has 1 heterocycles. The molecule has 20 heavy (non-hydrogen) atoms. The number of hydrogen-bond donors (Lipinski definition) is 1. The molecule has 0 aliphatic carbocycles. The maximum atomic E-state index is 11.8. The van der Waals surface area contributed by atoms with Gasteiger partial charge in [0.25, 0.3) is 5.95 Å². The Kier molecular flexibility index (Phi) is 4.05. The molecule has 0 atom stereocenters. The zero-order chi connectivity index (χ0) is 14.5. The van der Waals surface area contributed by atoms with Crippen LogP contribution in [0.15, 0.2) is 45.8 Å². The number of esters is 1. The summed E-state index contributed by atoms with van der Waals surface area (Å²) in [7, 11) is 0. The van der Waals surface area contributed by atoms with Gasteiger partial charge in [-0.1, -0.05) is 0 Å². The lowest BCUT2D eigenvalue weighted by Crippen LogP contribution is -2.10. The second kappa shape index (κ2) is 5.92. The van der Waals surface area contributed by atoms with E-state index in [1.54, 1.807) is 12.1 Å². The summed E-state index contributed by atoms with van der Waals surface area (Å²) in [6.07, 6.45) is 0.809. The van der Waals surface area contributed by atoms with Crippen molar-refractivity contribution in [2.24, 2.45) is 0 Å². The minimum atomic E-state index is -0.689. The first-order valence-corrected chi connectivity index (χ1v) is 5.87.